The monoisotopic (exact) mass is 403 g/mol. The van der Waals surface area contributed by atoms with Gasteiger partial charge in [0.05, 0.1) is 16.3 Å². The first-order chi connectivity index (χ1) is 13.2. The minimum absolute atomic E-state index is 0.560. The summed E-state index contributed by atoms with van der Waals surface area (Å²) in [5, 5.41) is 20.2. The summed E-state index contributed by atoms with van der Waals surface area (Å²) in [6.07, 6.45) is 3.73. The van der Waals surface area contributed by atoms with Gasteiger partial charge in [-0.15, -0.1) is 5.10 Å². The van der Waals surface area contributed by atoms with E-state index in [2.05, 4.69) is 20.1 Å². The Kier molecular flexibility index (Phi) is 4.79. The van der Waals surface area contributed by atoms with E-state index in [-0.39, 0.29) is 0 Å². The molecule has 1 aliphatic rings. The molecule has 1 aliphatic heterocycles. The zero-order valence-corrected chi connectivity index (χ0v) is 17.5. The highest BCUT2D eigenvalue weighted by molar-refractivity contribution is 6.31. The molecule has 3 aromatic heterocycles. The predicted octanol–water partition coefficient (Wildman–Crippen LogP) is 2.43. The van der Waals surface area contributed by atoms with Crippen LogP contribution in [0.5, 0.6) is 0 Å². The summed E-state index contributed by atoms with van der Waals surface area (Å²) in [6.45, 7) is 7.39. The van der Waals surface area contributed by atoms with Crippen molar-refractivity contribution in [3.05, 3.63) is 34.0 Å². The maximum atomic E-state index is 10.5. The zero-order valence-electron chi connectivity index (χ0n) is 16.8. The molecule has 1 fully saturated rings. The molecule has 0 bridgehead atoms. The van der Waals surface area contributed by atoms with Gasteiger partial charge in [-0.3, -0.25) is 4.68 Å². The number of aryl methyl sites for hydroxylation is 4. The Labute approximate surface area is 169 Å². The lowest BCUT2D eigenvalue weighted by molar-refractivity contribution is 0.0795. The second kappa shape index (κ2) is 7.00. The summed E-state index contributed by atoms with van der Waals surface area (Å²) in [7, 11) is 1.93. The first kappa shape index (κ1) is 19.1. The minimum atomic E-state index is -1.06. The number of nitrogens with zero attached hydrogens (tertiary/aromatic N) is 7. The number of hydrogen-bond donors (Lipinski definition) is 1. The van der Waals surface area contributed by atoms with Crippen molar-refractivity contribution < 1.29 is 5.11 Å². The van der Waals surface area contributed by atoms with E-state index >= 15 is 0 Å². The molecule has 0 unspecified atom stereocenters. The van der Waals surface area contributed by atoms with Crippen molar-refractivity contribution in [2.45, 2.75) is 52.1 Å². The van der Waals surface area contributed by atoms with Gasteiger partial charge in [-0.1, -0.05) is 11.6 Å². The number of anilines is 1. The van der Waals surface area contributed by atoms with Gasteiger partial charge in [-0.05, 0) is 39.7 Å². The number of rotatable bonds is 5. The Morgan fingerprint density at radius 3 is 2.54 bits per heavy atom. The van der Waals surface area contributed by atoms with Gasteiger partial charge in [0.1, 0.15) is 5.82 Å². The van der Waals surface area contributed by atoms with Crippen molar-refractivity contribution in [1.82, 2.24) is 29.4 Å². The molecular weight excluding hydrogens is 378 g/mol. The molecule has 0 aromatic carbocycles. The van der Waals surface area contributed by atoms with Crippen molar-refractivity contribution in [3.63, 3.8) is 0 Å². The Bertz CT molecular complexity index is 1010. The van der Waals surface area contributed by atoms with Crippen molar-refractivity contribution in [1.29, 1.82) is 0 Å². The number of aliphatic hydroxyl groups is 1. The minimum Gasteiger partial charge on any atom is -0.386 e. The molecular formula is C19H26ClN7O. The van der Waals surface area contributed by atoms with E-state index in [0.717, 1.165) is 30.6 Å². The lowest BCUT2D eigenvalue weighted by Crippen LogP contribution is -2.19. The van der Waals surface area contributed by atoms with E-state index in [1.807, 2.05) is 18.7 Å². The molecule has 0 amide bonds. The largest absolute Gasteiger partial charge is 0.386 e. The van der Waals surface area contributed by atoms with Crippen LogP contribution >= 0.6 is 11.6 Å². The Balaban J connectivity index is 1.60. The van der Waals surface area contributed by atoms with Crippen LogP contribution < -0.4 is 4.90 Å². The van der Waals surface area contributed by atoms with Gasteiger partial charge in [0.15, 0.2) is 11.5 Å². The maximum absolute atomic E-state index is 10.5. The van der Waals surface area contributed by atoms with Gasteiger partial charge >= 0.3 is 0 Å². The van der Waals surface area contributed by atoms with Gasteiger partial charge in [0.25, 0.3) is 0 Å². The molecule has 4 heterocycles. The van der Waals surface area contributed by atoms with Gasteiger partial charge in [-0.2, -0.15) is 10.1 Å². The highest BCUT2D eigenvalue weighted by atomic mass is 35.5. The summed E-state index contributed by atoms with van der Waals surface area (Å²) >= 11 is 6.34. The van der Waals surface area contributed by atoms with Crippen LogP contribution in [-0.2, 0) is 25.5 Å². The third kappa shape index (κ3) is 3.46. The third-order valence-electron chi connectivity index (χ3n) is 5.29. The smallest absolute Gasteiger partial charge is 0.244 e. The number of pyridine rings is 1. The van der Waals surface area contributed by atoms with Crippen LogP contribution in [0.1, 0.15) is 49.6 Å². The molecule has 0 spiro atoms. The fraction of sp³-hybridized carbons (Fsp3) is 0.579. The molecule has 8 nitrogen and oxygen atoms in total. The fourth-order valence-corrected chi connectivity index (χ4v) is 3.80. The number of fused-ring (bicyclic) bond motifs is 1. The van der Waals surface area contributed by atoms with E-state index in [1.165, 1.54) is 12.8 Å². The van der Waals surface area contributed by atoms with Crippen LogP contribution in [0.2, 0.25) is 5.02 Å². The summed E-state index contributed by atoms with van der Waals surface area (Å²) in [5.74, 6) is 2.42. The molecule has 0 radical (unpaired) electrons. The highest BCUT2D eigenvalue weighted by Crippen LogP contribution is 2.29. The van der Waals surface area contributed by atoms with Gasteiger partial charge in [0.2, 0.25) is 5.95 Å². The summed E-state index contributed by atoms with van der Waals surface area (Å²) in [4.78, 5) is 11.6. The summed E-state index contributed by atoms with van der Waals surface area (Å²) < 4.78 is 3.56. The number of aromatic nitrogens is 6. The lowest BCUT2D eigenvalue weighted by atomic mass is 9.99. The highest BCUT2D eigenvalue weighted by Gasteiger charge is 2.24. The molecule has 1 saturated heterocycles. The summed E-state index contributed by atoms with van der Waals surface area (Å²) in [5.41, 5.74) is 1.05. The van der Waals surface area contributed by atoms with Crippen LogP contribution in [0.3, 0.4) is 0 Å². The second-order valence-corrected chi connectivity index (χ2v) is 8.37. The first-order valence-electron chi connectivity index (χ1n) is 9.66. The molecule has 150 valence electrons. The lowest BCUT2D eigenvalue weighted by Gasteiger charge is -2.19. The van der Waals surface area contributed by atoms with Crippen molar-refractivity contribution >= 4 is 23.2 Å². The van der Waals surface area contributed by atoms with Crippen molar-refractivity contribution in [2.24, 2.45) is 7.05 Å². The zero-order chi connectivity index (χ0) is 20.1. The fourth-order valence-electron chi connectivity index (χ4n) is 3.61. The molecule has 28 heavy (non-hydrogen) atoms. The van der Waals surface area contributed by atoms with Gasteiger partial charge < -0.3 is 10.0 Å². The van der Waals surface area contributed by atoms with Gasteiger partial charge in [0, 0.05) is 38.5 Å². The van der Waals surface area contributed by atoms with E-state index in [4.69, 9.17) is 16.6 Å². The number of hydrogen-bond acceptors (Lipinski definition) is 6. The van der Waals surface area contributed by atoms with Crippen LogP contribution in [-0.4, -0.2) is 47.6 Å². The van der Waals surface area contributed by atoms with E-state index < -0.39 is 5.60 Å². The molecule has 3 aromatic rings. The normalized spacial score (nSPS) is 15.1. The van der Waals surface area contributed by atoms with Crippen LogP contribution in [0.4, 0.5) is 5.95 Å². The van der Waals surface area contributed by atoms with Crippen LogP contribution in [0.25, 0.3) is 5.65 Å². The Morgan fingerprint density at radius 2 is 1.86 bits per heavy atom. The molecule has 0 atom stereocenters. The topological polar surface area (TPSA) is 84.4 Å². The SMILES string of the molecule is Cc1c(Cl)cc(C(C)(C)O)c2nc(CCc3nc(N4CCCC4)nn3C)nn12. The van der Waals surface area contributed by atoms with Crippen LogP contribution in [0.15, 0.2) is 6.07 Å². The second-order valence-electron chi connectivity index (χ2n) is 7.96. The third-order valence-corrected chi connectivity index (χ3v) is 5.67. The average Bonchev–Trinajstić information content (AvgIpc) is 3.34. The Hall–Kier alpha value is -2.19. The molecule has 9 heteroatoms. The standard InChI is InChI=1S/C19H26ClN7O/c1-12-14(20)11-13(19(2,3)28)17-21-15(23-27(12)17)7-8-16-22-18(24-25(16)4)26-9-5-6-10-26/h11,28H,5-10H2,1-4H3. The maximum Gasteiger partial charge on any atom is 0.244 e. The summed E-state index contributed by atoms with van der Waals surface area (Å²) in [6, 6.07) is 1.77. The Morgan fingerprint density at radius 1 is 1.14 bits per heavy atom. The average molecular weight is 404 g/mol. The molecule has 4 rings (SSSR count). The first-order valence-corrected chi connectivity index (χ1v) is 10.0. The van der Waals surface area contributed by atoms with Crippen LogP contribution in [0, 0.1) is 6.92 Å². The van der Waals surface area contributed by atoms with E-state index in [9.17, 15) is 5.11 Å². The molecule has 0 aliphatic carbocycles. The van der Waals surface area contributed by atoms with Gasteiger partial charge in [-0.25, -0.2) is 9.50 Å². The predicted molar refractivity (Wildman–Crippen MR) is 108 cm³/mol. The van der Waals surface area contributed by atoms with Crippen molar-refractivity contribution in [2.75, 3.05) is 18.0 Å². The number of halogens is 1. The van der Waals surface area contributed by atoms with E-state index in [0.29, 0.717) is 34.9 Å². The molecule has 1 N–H and O–H groups in total. The van der Waals surface area contributed by atoms with Crippen molar-refractivity contribution in [3.8, 4) is 0 Å². The quantitative estimate of drug-likeness (QED) is 0.704. The van der Waals surface area contributed by atoms with E-state index in [1.54, 1.807) is 24.4 Å². The molecule has 0 saturated carbocycles.